The molecule has 4 heteroatoms. The first-order valence-corrected chi connectivity index (χ1v) is 7.13. The maximum Gasteiger partial charge on any atom is 0.234 e. The van der Waals surface area contributed by atoms with Crippen LogP contribution in [-0.2, 0) is 11.3 Å². The van der Waals surface area contributed by atoms with Crippen LogP contribution >= 0.6 is 0 Å². The average molecular weight is 278 g/mol. The Hall–Kier alpha value is -1.39. The molecule has 1 amide bonds. The van der Waals surface area contributed by atoms with Crippen LogP contribution < -0.4 is 5.32 Å². The minimum absolute atomic E-state index is 0.0115. The summed E-state index contributed by atoms with van der Waals surface area (Å²) in [6.45, 7) is 9.19. The van der Waals surface area contributed by atoms with Crippen molar-refractivity contribution in [2.45, 2.75) is 46.4 Å². The van der Waals surface area contributed by atoms with Crippen LogP contribution in [0.15, 0.2) is 24.3 Å². The summed E-state index contributed by atoms with van der Waals surface area (Å²) in [7, 11) is 0. The van der Waals surface area contributed by atoms with E-state index in [4.69, 9.17) is 0 Å². The molecule has 1 aromatic rings. The number of aliphatic hydroxyl groups is 1. The van der Waals surface area contributed by atoms with Crippen LogP contribution in [-0.4, -0.2) is 41.1 Å². The van der Waals surface area contributed by atoms with Gasteiger partial charge in [0.15, 0.2) is 0 Å². The quantitative estimate of drug-likeness (QED) is 0.798. The molecule has 20 heavy (non-hydrogen) atoms. The van der Waals surface area contributed by atoms with E-state index in [0.717, 1.165) is 5.56 Å². The fraction of sp³-hybridized carbons (Fsp3) is 0.562. The van der Waals surface area contributed by atoms with E-state index < -0.39 is 6.10 Å². The van der Waals surface area contributed by atoms with Gasteiger partial charge in [0.1, 0.15) is 0 Å². The largest absolute Gasteiger partial charge is 0.392 e. The summed E-state index contributed by atoms with van der Waals surface area (Å²) in [6, 6.07) is 8.25. The van der Waals surface area contributed by atoms with Crippen molar-refractivity contribution in [3.05, 3.63) is 35.4 Å². The lowest BCUT2D eigenvalue weighted by molar-refractivity contribution is -0.123. The van der Waals surface area contributed by atoms with E-state index >= 15 is 0 Å². The van der Waals surface area contributed by atoms with Gasteiger partial charge in [0.05, 0.1) is 12.6 Å². The van der Waals surface area contributed by atoms with Crippen molar-refractivity contribution < 1.29 is 9.90 Å². The topological polar surface area (TPSA) is 52.6 Å². The van der Waals surface area contributed by atoms with Crippen molar-refractivity contribution in [2.75, 3.05) is 13.1 Å². The molecule has 0 aliphatic carbocycles. The molecule has 0 saturated carbocycles. The van der Waals surface area contributed by atoms with Crippen LogP contribution in [0.2, 0.25) is 0 Å². The van der Waals surface area contributed by atoms with E-state index in [1.165, 1.54) is 5.56 Å². The maximum atomic E-state index is 12.0. The molecule has 0 radical (unpaired) electrons. The highest BCUT2D eigenvalue weighted by Gasteiger charge is 2.15. The molecule has 0 fully saturated rings. The van der Waals surface area contributed by atoms with Crippen LogP contribution in [0.1, 0.15) is 31.9 Å². The molecule has 0 aromatic heterocycles. The zero-order valence-corrected chi connectivity index (χ0v) is 12.9. The van der Waals surface area contributed by atoms with Gasteiger partial charge in [-0.15, -0.1) is 0 Å². The number of amides is 1. The zero-order chi connectivity index (χ0) is 15.1. The number of hydrogen-bond donors (Lipinski definition) is 2. The summed E-state index contributed by atoms with van der Waals surface area (Å²) < 4.78 is 0. The minimum Gasteiger partial charge on any atom is -0.392 e. The molecule has 1 aromatic carbocycles. The van der Waals surface area contributed by atoms with E-state index in [-0.39, 0.29) is 11.9 Å². The third kappa shape index (κ3) is 5.72. The van der Waals surface area contributed by atoms with Crippen molar-refractivity contribution in [2.24, 2.45) is 0 Å². The van der Waals surface area contributed by atoms with E-state index in [1.54, 1.807) is 6.92 Å². The van der Waals surface area contributed by atoms with E-state index in [1.807, 2.05) is 49.9 Å². The number of nitrogens with zero attached hydrogens (tertiary/aromatic N) is 1. The summed E-state index contributed by atoms with van der Waals surface area (Å²) in [5.41, 5.74) is 2.31. The molecule has 1 unspecified atom stereocenters. The molecule has 4 nitrogen and oxygen atoms in total. The molecule has 0 spiro atoms. The number of nitrogens with one attached hydrogen (secondary N) is 1. The van der Waals surface area contributed by atoms with Crippen molar-refractivity contribution in [3.8, 4) is 0 Å². The van der Waals surface area contributed by atoms with Gasteiger partial charge in [0, 0.05) is 19.1 Å². The minimum atomic E-state index is -0.429. The molecule has 1 rings (SSSR count). The van der Waals surface area contributed by atoms with Crippen molar-refractivity contribution in [1.82, 2.24) is 10.2 Å². The van der Waals surface area contributed by atoms with Crippen LogP contribution in [0.25, 0.3) is 0 Å². The molecular formula is C16H26N2O2. The highest BCUT2D eigenvalue weighted by molar-refractivity contribution is 5.78. The first kappa shape index (κ1) is 16.7. The summed E-state index contributed by atoms with van der Waals surface area (Å²) in [5, 5.41) is 12.4. The Morgan fingerprint density at radius 1 is 1.30 bits per heavy atom. The molecule has 1 atom stereocenters. The normalized spacial score (nSPS) is 12.8. The van der Waals surface area contributed by atoms with E-state index in [0.29, 0.717) is 19.6 Å². The Kier molecular flexibility index (Phi) is 6.68. The number of hydrogen-bond acceptors (Lipinski definition) is 3. The first-order chi connectivity index (χ1) is 9.40. The number of aryl methyl sites for hydroxylation is 1. The number of carbonyl (C=O) groups is 1. The van der Waals surface area contributed by atoms with Gasteiger partial charge >= 0.3 is 0 Å². The second-order valence-corrected chi connectivity index (χ2v) is 5.58. The second kappa shape index (κ2) is 8.02. The Morgan fingerprint density at radius 2 is 1.95 bits per heavy atom. The molecule has 0 bridgehead atoms. The van der Waals surface area contributed by atoms with Gasteiger partial charge in [0.25, 0.3) is 0 Å². The SMILES string of the molecule is Cc1ccccc1CNC(=O)CN(CC(C)O)C(C)C. The lowest BCUT2D eigenvalue weighted by atomic mass is 10.1. The van der Waals surface area contributed by atoms with E-state index in [2.05, 4.69) is 5.32 Å². The first-order valence-electron chi connectivity index (χ1n) is 7.13. The molecular weight excluding hydrogens is 252 g/mol. The Bertz CT molecular complexity index is 430. The van der Waals surface area contributed by atoms with Gasteiger partial charge in [-0.2, -0.15) is 0 Å². The summed E-state index contributed by atoms with van der Waals surface area (Å²) in [4.78, 5) is 14.0. The second-order valence-electron chi connectivity index (χ2n) is 5.58. The van der Waals surface area contributed by atoms with Crippen LogP contribution in [0, 0.1) is 6.92 Å². The monoisotopic (exact) mass is 278 g/mol. The summed E-state index contributed by atoms with van der Waals surface area (Å²) in [5.74, 6) is -0.0115. The fourth-order valence-electron chi connectivity index (χ4n) is 2.04. The Morgan fingerprint density at radius 3 is 2.50 bits per heavy atom. The van der Waals surface area contributed by atoms with Crippen LogP contribution in [0.4, 0.5) is 0 Å². The Balaban J connectivity index is 2.48. The van der Waals surface area contributed by atoms with Gasteiger partial charge in [0.2, 0.25) is 5.91 Å². The van der Waals surface area contributed by atoms with Gasteiger partial charge in [-0.25, -0.2) is 0 Å². The smallest absolute Gasteiger partial charge is 0.234 e. The molecule has 0 aliphatic heterocycles. The fourth-order valence-corrected chi connectivity index (χ4v) is 2.04. The number of rotatable bonds is 7. The van der Waals surface area contributed by atoms with Gasteiger partial charge < -0.3 is 10.4 Å². The van der Waals surface area contributed by atoms with Crippen molar-refractivity contribution in [1.29, 1.82) is 0 Å². The van der Waals surface area contributed by atoms with Gasteiger partial charge in [-0.05, 0) is 38.8 Å². The number of benzene rings is 1. The predicted molar refractivity (Wildman–Crippen MR) is 81.4 cm³/mol. The zero-order valence-electron chi connectivity index (χ0n) is 12.9. The molecule has 2 N–H and O–H groups in total. The van der Waals surface area contributed by atoms with Gasteiger partial charge in [-0.1, -0.05) is 24.3 Å². The molecule has 112 valence electrons. The third-order valence-corrected chi connectivity index (χ3v) is 3.31. The lowest BCUT2D eigenvalue weighted by Gasteiger charge is -2.27. The molecule has 0 saturated heterocycles. The van der Waals surface area contributed by atoms with Crippen LogP contribution in [0.3, 0.4) is 0 Å². The summed E-state index contributed by atoms with van der Waals surface area (Å²) >= 11 is 0. The maximum absolute atomic E-state index is 12.0. The highest BCUT2D eigenvalue weighted by atomic mass is 16.3. The standard InChI is InChI=1S/C16H26N2O2/c1-12(2)18(10-14(4)19)11-16(20)17-9-15-8-6-5-7-13(15)3/h5-8,12,14,19H,9-11H2,1-4H3,(H,17,20). The number of carbonyl (C=O) groups excluding carboxylic acids is 1. The highest BCUT2D eigenvalue weighted by Crippen LogP contribution is 2.06. The van der Waals surface area contributed by atoms with E-state index in [9.17, 15) is 9.90 Å². The third-order valence-electron chi connectivity index (χ3n) is 3.31. The Labute approximate surface area is 121 Å². The average Bonchev–Trinajstić information content (AvgIpc) is 2.36. The molecule has 0 aliphatic rings. The molecule has 0 heterocycles. The van der Waals surface area contributed by atoms with Crippen molar-refractivity contribution in [3.63, 3.8) is 0 Å². The predicted octanol–water partition coefficient (Wildman–Crippen LogP) is 1.70. The number of aliphatic hydroxyl groups excluding tert-OH is 1. The lowest BCUT2D eigenvalue weighted by Crippen LogP contribution is -2.43. The van der Waals surface area contributed by atoms with Gasteiger partial charge in [-0.3, -0.25) is 9.69 Å². The van der Waals surface area contributed by atoms with Crippen LogP contribution in [0.5, 0.6) is 0 Å². The summed E-state index contributed by atoms with van der Waals surface area (Å²) in [6.07, 6.45) is -0.429. The van der Waals surface area contributed by atoms with Crippen molar-refractivity contribution >= 4 is 5.91 Å².